The molecule has 1 heterocycles. The topological polar surface area (TPSA) is 38.1 Å². The fourth-order valence-electron chi connectivity index (χ4n) is 2.26. The van der Waals surface area contributed by atoms with E-state index in [1.165, 1.54) is 5.56 Å². The zero-order valence-electron chi connectivity index (χ0n) is 11.2. The smallest absolute Gasteiger partial charge is 0.108 e. The number of hydrogen-bond acceptors (Lipinski definition) is 2. The van der Waals surface area contributed by atoms with Gasteiger partial charge in [-0.2, -0.15) is 0 Å². The van der Waals surface area contributed by atoms with E-state index in [4.69, 9.17) is 0 Å². The molecule has 3 nitrogen and oxygen atoms in total. The van der Waals surface area contributed by atoms with Gasteiger partial charge in [0.1, 0.15) is 5.82 Å². The molecular formula is C15H20N2O. The number of aliphatic hydroxyl groups is 1. The predicted molar refractivity (Wildman–Crippen MR) is 72.4 cm³/mol. The van der Waals surface area contributed by atoms with Crippen LogP contribution in [0.25, 0.3) is 0 Å². The molecule has 0 saturated heterocycles. The number of aliphatic hydroxyl groups excluding tert-OH is 1. The molecule has 0 amide bonds. The molecule has 2 rings (SSSR count). The first-order valence-electron chi connectivity index (χ1n) is 6.29. The summed E-state index contributed by atoms with van der Waals surface area (Å²) in [6.07, 6.45) is 4.80. The summed E-state index contributed by atoms with van der Waals surface area (Å²) in [5.41, 5.74) is 3.41. The quantitative estimate of drug-likeness (QED) is 0.898. The third-order valence-corrected chi connectivity index (χ3v) is 3.35. The highest BCUT2D eigenvalue weighted by atomic mass is 16.3. The molecule has 1 unspecified atom stereocenters. The summed E-state index contributed by atoms with van der Waals surface area (Å²) in [5.74, 6) is 1.01. The normalized spacial score (nSPS) is 12.7. The van der Waals surface area contributed by atoms with E-state index in [1.54, 1.807) is 6.20 Å². The number of hydrogen-bond donors (Lipinski definition) is 1. The first kappa shape index (κ1) is 12.8. The summed E-state index contributed by atoms with van der Waals surface area (Å²) < 4.78 is 1.99. The minimum atomic E-state index is -0.415. The Balaban J connectivity index is 2.03. The van der Waals surface area contributed by atoms with Crippen LogP contribution in [0.2, 0.25) is 0 Å². The Kier molecular flexibility index (Phi) is 3.82. The fraction of sp³-hybridized carbons (Fsp3) is 0.400. The molecule has 1 aromatic carbocycles. The van der Waals surface area contributed by atoms with Crippen LogP contribution in [0.3, 0.4) is 0 Å². The Morgan fingerprint density at radius 2 is 2.11 bits per heavy atom. The van der Waals surface area contributed by atoms with Gasteiger partial charge in [-0.3, -0.25) is 0 Å². The number of benzene rings is 1. The van der Waals surface area contributed by atoms with Crippen LogP contribution in [0.1, 0.15) is 35.0 Å². The van der Waals surface area contributed by atoms with E-state index < -0.39 is 6.10 Å². The Labute approximate surface area is 108 Å². The maximum atomic E-state index is 10.2. The van der Waals surface area contributed by atoms with E-state index in [0.717, 1.165) is 23.4 Å². The van der Waals surface area contributed by atoms with Gasteiger partial charge in [-0.15, -0.1) is 0 Å². The van der Waals surface area contributed by atoms with Crippen molar-refractivity contribution in [3.8, 4) is 0 Å². The predicted octanol–water partition coefficient (Wildman–Crippen LogP) is 2.70. The van der Waals surface area contributed by atoms with Crippen LogP contribution in [0, 0.1) is 13.8 Å². The molecule has 1 atom stereocenters. The summed E-state index contributed by atoms with van der Waals surface area (Å²) in [6, 6.07) is 6.18. The lowest BCUT2D eigenvalue weighted by Crippen LogP contribution is -2.05. The first-order chi connectivity index (χ1) is 8.58. The van der Waals surface area contributed by atoms with Gasteiger partial charge in [-0.05, 0) is 31.4 Å². The van der Waals surface area contributed by atoms with Crippen molar-refractivity contribution in [2.75, 3.05) is 0 Å². The van der Waals surface area contributed by atoms with E-state index in [-0.39, 0.29) is 0 Å². The van der Waals surface area contributed by atoms with Crippen molar-refractivity contribution >= 4 is 0 Å². The van der Waals surface area contributed by atoms with Crippen molar-refractivity contribution in [2.24, 2.45) is 7.05 Å². The second-order valence-corrected chi connectivity index (χ2v) is 4.87. The Hall–Kier alpha value is -1.61. The van der Waals surface area contributed by atoms with E-state index in [0.29, 0.717) is 6.42 Å². The molecule has 0 bridgehead atoms. The average Bonchev–Trinajstić information content (AvgIpc) is 2.72. The molecule has 1 aromatic heterocycles. The van der Waals surface area contributed by atoms with Gasteiger partial charge in [0.05, 0.1) is 6.10 Å². The van der Waals surface area contributed by atoms with Crippen LogP contribution in [0.15, 0.2) is 30.6 Å². The van der Waals surface area contributed by atoms with Crippen molar-refractivity contribution in [2.45, 2.75) is 32.8 Å². The molecule has 0 saturated carbocycles. The Bertz CT molecular complexity index is 531. The first-order valence-corrected chi connectivity index (χ1v) is 6.29. The summed E-state index contributed by atoms with van der Waals surface area (Å²) in [5, 5.41) is 10.2. The van der Waals surface area contributed by atoms with Crippen molar-refractivity contribution in [3.05, 3.63) is 53.1 Å². The van der Waals surface area contributed by atoms with Crippen LogP contribution in [-0.2, 0) is 13.5 Å². The summed E-state index contributed by atoms with van der Waals surface area (Å²) in [6.45, 7) is 4.11. The molecule has 2 aromatic rings. The van der Waals surface area contributed by atoms with Gasteiger partial charge in [0, 0.05) is 25.9 Å². The number of imidazole rings is 1. The number of rotatable bonds is 4. The minimum Gasteiger partial charge on any atom is -0.388 e. The molecule has 1 N–H and O–H groups in total. The molecule has 18 heavy (non-hydrogen) atoms. The molecule has 0 radical (unpaired) electrons. The van der Waals surface area contributed by atoms with Gasteiger partial charge in [0.25, 0.3) is 0 Å². The monoisotopic (exact) mass is 244 g/mol. The van der Waals surface area contributed by atoms with E-state index >= 15 is 0 Å². The van der Waals surface area contributed by atoms with Crippen LogP contribution >= 0.6 is 0 Å². The van der Waals surface area contributed by atoms with Crippen LogP contribution < -0.4 is 0 Å². The van der Waals surface area contributed by atoms with Crippen molar-refractivity contribution in [1.29, 1.82) is 0 Å². The van der Waals surface area contributed by atoms with Crippen LogP contribution in [0.5, 0.6) is 0 Å². The zero-order valence-corrected chi connectivity index (χ0v) is 11.2. The van der Waals surface area contributed by atoms with Crippen LogP contribution in [-0.4, -0.2) is 14.7 Å². The van der Waals surface area contributed by atoms with Crippen LogP contribution in [0.4, 0.5) is 0 Å². The summed E-state index contributed by atoms with van der Waals surface area (Å²) in [4.78, 5) is 4.27. The number of aryl methyl sites for hydroxylation is 4. The van der Waals surface area contributed by atoms with E-state index in [2.05, 4.69) is 18.0 Å². The highest BCUT2D eigenvalue weighted by Gasteiger charge is 2.11. The van der Waals surface area contributed by atoms with Crippen molar-refractivity contribution < 1.29 is 5.11 Å². The number of nitrogens with zero attached hydrogens (tertiary/aromatic N) is 2. The second kappa shape index (κ2) is 5.36. The Morgan fingerprint density at radius 3 is 2.72 bits per heavy atom. The highest BCUT2D eigenvalue weighted by molar-refractivity contribution is 5.31. The minimum absolute atomic E-state index is 0.415. The second-order valence-electron chi connectivity index (χ2n) is 4.87. The lowest BCUT2D eigenvalue weighted by Gasteiger charge is -2.14. The zero-order chi connectivity index (χ0) is 13.1. The maximum absolute atomic E-state index is 10.2. The fourth-order valence-corrected chi connectivity index (χ4v) is 2.26. The van der Waals surface area contributed by atoms with Crippen molar-refractivity contribution in [3.63, 3.8) is 0 Å². The van der Waals surface area contributed by atoms with Gasteiger partial charge in [0.15, 0.2) is 0 Å². The van der Waals surface area contributed by atoms with Gasteiger partial charge in [-0.1, -0.05) is 23.8 Å². The van der Waals surface area contributed by atoms with Gasteiger partial charge >= 0.3 is 0 Å². The third-order valence-electron chi connectivity index (χ3n) is 3.35. The molecule has 0 fully saturated rings. The van der Waals surface area contributed by atoms with Gasteiger partial charge in [-0.25, -0.2) is 4.98 Å². The lowest BCUT2D eigenvalue weighted by molar-refractivity contribution is 0.166. The summed E-state index contributed by atoms with van der Waals surface area (Å²) >= 11 is 0. The summed E-state index contributed by atoms with van der Waals surface area (Å²) in [7, 11) is 1.98. The van der Waals surface area contributed by atoms with Gasteiger partial charge < -0.3 is 9.67 Å². The largest absolute Gasteiger partial charge is 0.388 e. The molecule has 0 spiro atoms. The molecule has 0 aliphatic carbocycles. The van der Waals surface area contributed by atoms with E-state index in [1.807, 2.05) is 36.9 Å². The standard InChI is InChI=1S/C15H20N2O/c1-11-4-5-13(12(2)10-11)14(18)6-7-15-16-8-9-17(15)3/h4-5,8-10,14,18H,6-7H2,1-3H3. The SMILES string of the molecule is Cc1ccc(C(O)CCc2nccn2C)c(C)c1. The molecule has 96 valence electrons. The molecule has 0 aliphatic rings. The highest BCUT2D eigenvalue weighted by Crippen LogP contribution is 2.22. The van der Waals surface area contributed by atoms with E-state index in [9.17, 15) is 5.11 Å². The lowest BCUT2D eigenvalue weighted by atomic mass is 9.98. The third kappa shape index (κ3) is 2.79. The maximum Gasteiger partial charge on any atom is 0.108 e. The molecule has 0 aliphatic heterocycles. The number of aromatic nitrogens is 2. The molecular weight excluding hydrogens is 224 g/mol. The average molecular weight is 244 g/mol. The Morgan fingerprint density at radius 1 is 1.33 bits per heavy atom. The van der Waals surface area contributed by atoms with Gasteiger partial charge in [0.2, 0.25) is 0 Å². The van der Waals surface area contributed by atoms with Crippen molar-refractivity contribution in [1.82, 2.24) is 9.55 Å². The molecule has 3 heteroatoms.